The number of likely N-dealkylation sites (tertiary alicyclic amines) is 1. The Morgan fingerprint density at radius 2 is 1.70 bits per heavy atom. The Bertz CT molecular complexity index is 1480. The second-order valence-electron chi connectivity index (χ2n) is 9.77. The summed E-state index contributed by atoms with van der Waals surface area (Å²) in [5, 5.41) is 16.5. The highest BCUT2D eigenvalue weighted by molar-refractivity contribution is 7.89. The van der Waals surface area contributed by atoms with E-state index in [2.05, 4.69) is 9.62 Å². The van der Waals surface area contributed by atoms with Crippen molar-refractivity contribution >= 4 is 44.4 Å². The summed E-state index contributed by atoms with van der Waals surface area (Å²) in [7, 11) is -3.65. The monoisotopic (exact) mass is 567 g/mol. The first-order valence-corrected chi connectivity index (χ1v) is 14.4. The van der Waals surface area contributed by atoms with Crippen LogP contribution in [0, 0.1) is 5.41 Å². The van der Waals surface area contributed by atoms with E-state index in [-0.39, 0.29) is 18.0 Å². The van der Waals surface area contributed by atoms with Gasteiger partial charge in [-0.2, -0.15) is 0 Å². The molecular formula is C28H33N5O6S. The number of aliphatic carboxylic acids is 1. The van der Waals surface area contributed by atoms with Crippen LogP contribution < -0.4 is 15.4 Å². The van der Waals surface area contributed by atoms with E-state index in [4.69, 9.17) is 25.8 Å². The Hall–Kier alpha value is -4.00. The number of piperidine rings is 1. The van der Waals surface area contributed by atoms with Gasteiger partial charge in [-0.1, -0.05) is 36.4 Å². The lowest BCUT2D eigenvalue weighted by atomic mass is 10.1. The van der Waals surface area contributed by atoms with Gasteiger partial charge in [0, 0.05) is 36.1 Å². The molecule has 212 valence electrons. The highest BCUT2D eigenvalue weighted by Crippen LogP contribution is 2.25. The number of amides is 1. The molecule has 0 aromatic heterocycles. The minimum Gasteiger partial charge on any atom is -0.481 e. The number of anilines is 1. The molecule has 12 heteroatoms. The zero-order valence-electron chi connectivity index (χ0n) is 22.1. The summed E-state index contributed by atoms with van der Waals surface area (Å²) in [5.74, 6) is -0.855. The molecule has 0 radical (unpaired) electrons. The van der Waals surface area contributed by atoms with Gasteiger partial charge in [0.2, 0.25) is 10.0 Å². The predicted molar refractivity (Wildman–Crippen MR) is 152 cm³/mol. The molecule has 2 aliphatic heterocycles. The zero-order valence-corrected chi connectivity index (χ0v) is 22.9. The maximum atomic E-state index is 13.1. The topological polar surface area (TPSA) is 166 Å². The molecule has 2 heterocycles. The van der Waals surface area contributed by atoms with Gasteiger partial charge in [0.15, 0.2) is 0 Å². The average Bonchev–Trinajstić information content (AvgIpc) is 3.28. The average molecular weight is 568 g/mol. The van der Waals surface area contributed by atoms with Crippen molar-refractivity contribution in [2.24, 2.45) is 5.73 Å². The van der Waals surface area contributed by atoms with Crippen molar-refractivity contribution in [2.45, 2.75) is 36.8 Å². The standard InChI is InChI=1S/C26H29N5O4S.C2H4O2/c27-25(28)19-8-10-21(11-9-19)31-17-22(35-26(31)32)16-30-14-12-20(13-15-30)29-36(33,34)24-7-3-5-18-4-1-2-6-23(18)24;1-2(3)4/h1-11,20,22,29H,12-17H2,(H3,27,28);1H3,(H,3,4). The smallest absolute Gasteiger partial charge is 0.414 e. The predicted octanol–water partition coefficient (Wildman–Crippen LogP) is 2.98. The second-order valence-corrected chi connectivity index (χ2v) is 11.5. The number of cyclic esters (lactones) is 1. The van der Waals surface area contributed by atoms with Crippen molar-refractivity contribution in [1.82, 2.24) is 9.62 Å². The highest BCUT2D eigenvalue weighted by atomic mass is 32.2. The fourth-order valence-electron chi connectivity index (χ4n) is 4.88. The number of carboxylic acids is 1. The molecule has 0 aliphatic carbocycles. The van der Waals surface area contributed by atoms with Gasteiger partial charge in [-0.15, -0.1) is 0 Å². The van der Waals surface area contributed by atoms with Gasteiger partial charge in [0.05, 0.1) is 11.4 Å². The lowest BCUT2D eigenvalue weighted by Gasteiger charge is -2.33. The van der Waals surface area contributed by atoms with E-state index in [1.807, 2.05) is 30.3 Å². The normalized spacial score (nSPS) is 18.2. The number of hydrogen-bond donors (Lipinski definition) is 4. The maximum Gasteiger partial charge on any atom is 0.414 e. The molecule has 2 saturated heterocycles. The number of hydrogen-bond acceptors (Lipinski definition) is 7. The first-order valence-electron chi connectivity index (χ1n) is 12.9. The Labute approximate surface area is 233 Å². The molecule has 5 N–H and O–H groups in total. The number of carbonyl (C=O) groups is 2. The van der Waals surface area contributed by atoms with Gasteiger partial charge in [-0.25, -0.2) is 17.9 Å². The minimum absolute atomic E-state index is 0.0220. The van der Waals surface area contributed by atoms with Crippen LogP contribution in [-0.2, 0) is 19.6 Å². The molecule has 1 atom stereocenters. The summed E-state index contributed by atoms with van der Waals surface area (Å²) < 4.78 is 34.7. The van der Waals surface area contributed by atoms with Crippen LogP contribution in [0.3, 0.4) is 0 Å². The molecule has 0 spiro atoms. The molecule has 1 amide bonds. The van der Waals surface area contributed by atoms with Crippen LogP contribution in [0.1, 0.15) is 25.3 Å². The number of nitrogens with zero attached hydrogens (tertiary/aromatic N) is 2. The van der Waals surface area contributed by atoms with Gasteiger partial charge in [0.25, 0.3) is 5.97 Å². The Balaban J connectivity index is 0.000000867. The van der Waals surface area contributed by atoms with Crippen LogP contribution in [0.5, 0.6) is 0 Å². The fraction of sp³-hybridized carbons (Fsp3) is 0.321. The van der Waals surface area contributed by atoms with Gasteiger partial charge < -0.3 is 15.6 Å². The molecule has 3 aromatic rings. The molecular weight excluding hydrogens is 534 g/mol. The van der Waals surface area contributed by atoms with Crippen molar-refractivity contribution in [3.05, 3.63) is 72.3 Å². The number of nitrogens with one attached hydrogen (secondary N) is 2. The summed E-state index contributed by atoms with van der Waals surface area (Å²) in [6.07, 6.45) is 0.698. The number of nitrogens with two attached hydrogens (primary N) is 1. The SMILES string of the molecule is CC(=O)O.N=C(N)c1ccc(N2CC(CN3CCC(NS(=O)(=O)c4cccc5ccccc45)CC3)OC2=O)cc1. The number of amidine groups is 1. The van der Waals surface area contributed by atoms with Crippen molar-refractivity contribution in [2.75, 3.05) is 31.1 Å². The molecule has 11 nitrogen and oxygen atoms in total. The Kier molecular flexibility index (Phi) is 9.03. The van der Waals surface area contributed by atoms with Crippen molar-refractivity contribution in [1.29, 1.82) is 5.41 Å². The number of fused-ring (bicyclic) bond motifs is 1. The third kappa shape index (κ3) is 7.14. The summed E-state index contributed by atoms with van der Waals surface area (Å²) in [6, 6.07) is 19.6. The minimum atomic E-state index is -3.65. The summed E-state index contributed by atoms with van der Waals surface area (Å²) in [5.41, 5.74) is 6.80. The van der Waals surface area contributed by atoms with E-state index in [1.165, 1.54) is 0 Å². The van der Waals surface area contributed by atoms with Crippen LogP contribution >= 0.6 is 0 Å². The largest absolute Gasteiger partial charge is 0.481 e. The highest BCUT2D eigenvalue weighted by Gasteiger charge is 2.34. The first-order chi connectivity index (χ1) is 19.0. The lowest BCUT2D eigenvalue weighted by molar-refractivity contribution is -0.134. The maximum absolute atomic E-state index is 13.1. The van der Waals surface area contributed by atoms with E-state index >= 15 is 0 Å². The van der Waals surface area contributed by atoms with E-state index in [0.29, 0.717) is 60.6 Å². The van der Waals surface area contributed by atoms with Gasteiger partial charge in [0.1, 0.15) is 11.9 Å². The number of ether oxygens (including phenoxy) is 1. The second kappa shape index (κ2) is 12.5. The van der Waals surface area contributed by atoms with Crippen LogP contribution in [0.15, 0.2) is 71.6 Å². The molecule has 40 heavy (non-hydrogen) atoms. The van der Waals surface area contributed by atoms with Crippen molar-refractivity contribution < 1.29 is 27.9 Å². The van der Waals surface area contributed by atoms with E-state index in [0.717, 1.165) is 12.3 Å². The van der Waals surface area contributed by atoms with E-state index in [1.54, 1.807) is 41.3 Å². The Morgan fingerprint density at radius 1 is 1.07 bits per heavy atom. The number of sulfonamides is 1. The zero-order chi connectivity index (χ0) is 28.9. The number of benzene rings is 3. The molecule has 3 aromatic carbocycles. The molecule has 5 rings (SSSR count). The summed E-state index contributed by atoms with van der Waals surface area (Å²) >= 11 is 0. The Morgan fingerprint density at radius 3 is 2.35 bits per heavy atom. The van der Waals surface area contributed by atoms with Gasteiger partial charge >= 0.3 is 6.09 Å². The number of nitrogen functional groups attached to an aromatic ring is 1. The number of carboxylic acid groups (broad SMARTS) is 1. The van der Waals surface area contributed by atoms with Gasteiger partial charge in [-0.05, 0) is 61.6 Å². The van der Waals surface area contributed by atoms with Crippen LogP contribution in [0.25, 0.3) is 10.8 Å². The molecule has 2 fully saturated rings. The summed E-state index contributed by atoms with van der Waals surface area (Å²) in [6.45, 7) is 3.54. The molecule has 2 aliphatic rings. The molecule has 0 bridgehead atoms. The first kappa shape index (κ1) is 29.0. The van der Waals surface area contributed by atoms with Crippen LogP contribution in [0.4, 0.5) is 10.5 Å². The van der Waals surface area contributed by atoms with Gasteiger partial charge in [-0.3, -0.25) is 20.0 Å². The van der Waals surface area contributed by atoms with Crippen molar-refractivity contribution in [3.63, 3.8) is 0 Å². The third-order valence-corrected chi connectivity index (χ3v) is 8.35. The lowest BCUT2D eigenvalue weighted by Crippen LogP contribution is -2.46. The molecule has 0 saturated carbocycles. The quantitative estimate of drug-likeness (QED) is 0.250. The third-order valence-electron chi connectivity index (χ3n) is 6.77. The number of rotatable bonds is 7. The van der Waals surface area contributed by atoms with Crippen molar-refractivity contribution in [3.8, 4) is 0 Å². The fourth-order valence-corrected chi connectivity index (χ4v) is 6.42. The van der Waals surface area contributed by atoms with E-state index < -0.39 is 22.1 Å². The van der Waals surface area contributed by atoms with Crippen LogP contribution in [-0.4, -0.2) is 74.6 Å². The summed E-state index contributed by atoms with van der Waals surface area (Å²) in [4.78, 5) is 25.5. The molecule has 1 unspecified atom stereocenters. The number of carbonyl (C=O) groups excluding carboxylic acids is 1. The van der Waals surface area contributed by atoms with E-state index in [9.17, 15) is 13.2 Å². The van der Waals surface area contributed by atoms with Crippen LogP contribution in [0.2, 0.25) is 0 Å².